The van der Waals surface area contributed by atoms with Crippen molar-refractivity contribution in [1.82, 2.24) is 4.98 Å². The summed E-state index contributed by atoms with van der Waals surface area (Å²) in [4.78, 5) is 4.15. The normalized spacial score (nSPS) is 10.3. The van der Waals surface area contributed by atoms with Gasteiger partial charge in [-0.2, -0.15) is 0 Å². The zero-order valence-electron chi connectivity index (χ0n) is 9.37. The van der Waals surface area contributed by atoms with E-state index in [2.05, 4.69) is 10.3 Å². The smallest absolute Gasteiger partial charge is 0.131 e. The third-order valence-electron chi connectivity index (χ3n) is 2.42. The Labute approximate surface area is 111 Å². The predicted molar refractivity (Wildman–Crippen MR) is 72.8 cm³/mol. The second-order valence-corrected chi connectivity index (χ2v) is 4.58. The van der Waals surface area contributed by atoms with Crippen LogP contribution < -0.4 is 5.32 Å². The van der Waals surface area contributed by atoms with Gasteiger partial charge in [-0.25, -0.2) is 4.98 Å². The highest BCUT2D eigenvalue weighted by Crippen LogP contribution is 2.17. The van der Waals surface area contributed by atoms with E-state index >= 15 is 0 Å². The van der Waals surface area contributed by atoms with Gasteiger partial charge in [-0.1, -0.05) is 41.4 Å². The minimum atomic E-state index is 0.483. The number of nitrogens with zero attached hydrogens (tertiary/aromatic N) is 1. The largest absolute Gasteiger partial charge is 0.366 e. The van der Waals surface area contributed by atoms with Crippen molar-refractivity contribution in [2.75, 3.05) is 5.32 Å². The molecule has 88 valence electrons. The van der Waals surface area contributed by atoms with Crippen molar-refractivity contribution in [1.29, 1.82) is 0 Å². The second-order valence-electron chi connectivity index (χ2n) is 3.78. The van der Waals surface area contributed by atoms with Crippen LogP contribution in [0.4, 0.5) is 5.82 Å². The van der Waals surface area contributed by atoms with E-state index in [9.17, 15) is 0 Å². The van der Waals surface area contributed by atoms with E-state index in [-0.39, 0.29) is 0 Å². The van der Waals surface area contributed by atoms with Gasteiger partial charge in [0.1, 0.15) is 11.0 Å². The molecule has 0 amide bonds. The van der Waals surface area contributed by atoms with Gasteiger partial charge in [-0.05, 0) is 36.2 Å². The van der Waals surface area contributed by atoms with Crippen molar-refractivity contribution in [3.63, 3.8) is 0 Å². The van der Waals surface area contributed by atoms with Crippen molar-refractivity contribution in [2.24, 2.45) is 0 Å². The van der Waals surface area contributed by atoms with Crippen LogP contribution >= 0.6 is 23.2 Å². The van der Waals surface area contributed by atoms with Crippen molar-refractivity contribution in [3.05, 3.63) is 57.7 Å². The molecule has 0 atom stereocenters. The minimum absolute atomic E-state index is 0.483. The number of pyridine rings is 1. The van der Waals surface area contributed by atoms with Gasteiger partial charge in [0.2, 0.25) is 0 Å². The lowest BCUT2D eigenvalue weighted by Gasteiger charge is -2.07. The summed E-state index contributed by atoms with van der Waals surface area (Å²) in [6, 6.07) is 11.5. The van der Waals surface area contributed by atoms with Gasteiger partial charge >= 0.3 is 0 Å². The first kappa shape index (κ1) is 12.2. The van der Waals surface area contributed by atoms with Crippen molar-refractivity contribution in [3.8, 4) is 0 Å². The Morgan fingerprint density at radius 2 is 2.00 bits per heavy atom. The summed E-state index contributed by atoms with van der Waals surface area (Å²) in [5.74, 6) is 0.759. The van der Waals surface area contributed by atoms with Crippen LogP contribution in [0.3, 0.4) is 0 Å². The molecule has 0 radical (unpaired) electrons. The Morgan fingerprint density at radius 3 is 2.71 bits per heavy atom. The van der Waals surface area contributed by atoms with Crippen molar-refractivity contribution >= 4 is 29.0 Å². The highest BCUT2D eigenvalue weighted by molar-refractivity contribution is 6.31. The molecule has 0 saturated carbocycles. The van der Waals surface area contributed by atoms with Crippen LogP contribution in [-0.2, 0) is 6.54 Å². The summed E-state index contributed by atoms with van der Waals surface area (Å²) in [6.45, 7) is 2.66. The van der Waals surface area contributed by atoms with Crippen LogP contribution in [0.25, 0.3) is 0 Å². The van der Waals surface area contributed by atoms with E-state index in [0.717, 1.165) is 22.0 Å². The molecule has 4 heteroatoms. The van der Waals surface area contributed by atoms with Crippen LogP contribution in [0.15, 0.2) is 36.4 Å². The molecular weight excluding hydrogens is 255 g/mol. The fourth-order valence-corrected chi connectivity index (χ4v) is 1.81. The van der Waals surface area contributed by atoms with Crippen molar-refractivity contribution in [2.45, 2.75) is 13.5 Å². The Hall–Kier alpha value is -1.25. The van der Waals surface area contributed by atoms with E-state index in [0.29, 0.717) is 11.7 Å². The number of aryl methyl sites for hydroxylation is 1. The van der Waals surface area contributed by atoms with Gasteiger partial charge in [0, 0.05) is 11.6 Å². The number of rotatable bonds is 3. The predicted octanol–water partition coefficient (Wildman–Crippen LogP) is 4.31. The van der Waals surface area contributed by atoms with Crippen molar-refractivity contribution < 1.29 is 0 Å². The van der Waals surface area contributed by atoms with Crippen LogP contribution in [0.1, 0.15) is 11.1 Å². The molecule has 2 nitrogen and oxygen atoms in total. The average Bonchev–Trinajstić information content (AvgIpc) is 2.31. The molecule has 2 rings (SSSR count). The van der Waals surface area contributed by atoms with E-state index in [1.165, 1.54) is 0 Å². The van der Waals surface area contributed by atoms with Gasteiger partial charge in [-0.3, -0.25) is 0 Å². The minimum Gasteiger partial charge on any atom is -0.366 e. The Bertz CT molecular complexity index is 527. The molecule has 0 fully saturated rings. The second kappa shape index (κ2) is 5.39. The van der Waals surface area contributed by atoms with Crippen LogP contribution in [0, 0.1) is 6.92 Å². The summed E-state index contributed by atoms with van der Waals surface area (Å²) in [5, 5.41) is 4.46. The monoisotopic (exact) mass is 266 g/mol. The molecule has 1 N–H and O–H groups in total. The third-order valence-corrected chi connectivity index (χ3v) is 3.04. The number of benzene rings is 1. The summed E-state index contributed by atoms with van der Waals surface area (Å²) in [7, 11) is 0. The maximum atomic E-state index is 6.06. The van der Waals surface area contributed by atoms with Gasteiger partial charge < -0.3 is 5.32 Å². The zero-order chi connectivity index (χ0) is 12.3. The lowest BCUT2D eigenvalue weighted by molar-refractivity contribution is 1.11. The SMILES string of the molecule is Cc1ccc(CNc2cccc(Cl)n2)cc1Cl. The molecule has 1 aromatic heterocycles. The summed E-state index contributed by atoms with van der Waals surface area (Å²) >= 11 is 11.9. The first-order valence-electron chi connectivity index (χ1n) is 5.26. The number of nitrogens with one attached hydrogen (secondary N) is 1. The average molecular weight is 267 g/mol. The Balaban J connectivity index is 2.05. The van der Waals surface area contributed by atoms with E-state index < -0.39 is 0 Å². The number of hydrogen-bond acceptors (Lipinski definition) is 2. The standard InChI is InChI=1S/C13H12Cl2N2/c1-9-5-6-10(7-11(9)14)8-16-13-4-2-3-12(15)17-13/h2-7H,8H2,1H3,(H,16,17). The lowest BCUT2D eigenvalue weighted by Crippen LogP contribution is -2.01. The van der Waals surface area contributed by atoms with Crippen LogP contribution in [-0.4, -0.2) is 4.98 Å². The highest BCUT2D eigenvalue weighted by atomic mass is 35.5. The van der Waals surface area contributed by atoms with E-state index in [1.54, 1.807) is 6.07 Å². The molecule has 0 unspecified atom stereocenters. The summed E-state index contributed by atoms with van der Waals surface area (Å²) in [5.41, 5.74) is 2.19. The van der Waals surface area contributed by atoms with Crippen LogP contribution in [0.5, 0.6) is 0 Å². The Morgan fingerprint density at radius 1 is 1.18 bits per heavy atom. The third kappa shape index (κ3) is 3.35. The van der Waals surface area contributed by atoms with E-state index in [4.69, 9.17) is 23.2 Å². The molecule has 0 aliphatic rings. The maximum absolute atomic E-state index is 6.06. The zero-order valence-corrected chi connectivity index (χ0v) is 10.9. The summed E-state index contributed by atoms with van der Waals surface area (Å²) in [6.07, 6.45) is 0. The molecule has 17 heavy (non-hydrogen) atoms. The quantitative estimate of drug-likeness (QED) is 0.838. The van der Waals surface area contributed by atoms with Gasteiger partial charge in [0.25, 0.3) is 0 Å². The molecule has 1 heterocycles. The molecule has 0 aliphatic carbocycles. The number of hydrogen-bond donors (Lipinski definition) is 1. The number of halogens is 2. The number of anilines is 1. The number of aromatic nitrogens is 1. The summed E-state index contributed by atoms with van der Waals surface area (Å²) < 4.78 is 0. The van der Waals surface area contributed by atoms with Crippen LogP contribution in [0.2, 0.25) is 10.2 Å². The molecule has 0 aliphatic heterocycles. The molecule has 0 bridgehead atoms. The molecule has 2 aromatic rings. The lowest BCUT2D eigenvalue weighted by atomic mass is 10.1. The molecular formula is C13H12Cl2N2. The fraction of sp³-hybridized carbons (Fsp3) is 0.154. The Kier molecular flexibility index (Phi) is 3.87. The van der Waals surface area contributed by atoms with Gasteiger partial charge in [0.15, 0.2) is 0 Å². The fourth-order valence-electron chi connectivity index (χ4n) is 1.45. The first-order valence-corrected chi connectivity index (χ1v) is 6.02. The molecule has 0 saturated heterocycles. The van der Waals surface area contributed by atoms with E-state index in [1.807, 2.05) is 37.3 Å². The topological polar surface area (TPSA) is 24.9 Å². The first-order chi connectivity index (χ1) is 8.15. The maximum Gasteiger partial charge on any atom is 0.131 e. The molecule has 1 aromatic carbocycles. The highest BCUT2D eigenvalue weighted by Gasteiger charge is 1.99. The van der Waals surface area contributed by atoms with Gasteiger partial charge in [-0.15, -0.1) is 0 Å². The molecule has 0 spiro atoms. The van der Waals surface area contributed by atoms with Gasteiger partial charge in [0.05, 0.1) is 0 Å².